The topological polar surface area (TPSA) is 49.4 Å². The van der Waals surface area contributed by atoms with Gasteiger partial charge in [0.2, 0.25) is 0 Å². The number of nitrogens with one attached hydrogen (secondary N) is 1. The molecule has 0 amide bonds. The Labute approximate surface area is 99.3 Å². The maximum atomic E-state index is 11.2. The van der Waals surface area contributed by atoms with E-state index < -0.39 is 9.84 Å². The maximum Gasteiger partial charge on any atom is 0.148 e. The Balaban J connectivity index is 2.67. The van der Waals surface area contributed by atoms with Crippen molar-refractivity contribution in [2.24, 2.45) is 0 Å². The number of hydrogen-bond acceptors (Lipinski definition) is 4. The highest BCUT2D eigenvalue weighted by Crippen LogP contribution is 2.25. The molecule has 5 heteroatoms. The first kappa shape index (κ1) is 13.9. The van der Waals surface area contributed by atoms with Crippen LogP contribution in [0.4, 0.5) is 0 Å². The normalized spacial score (nSPS) is 22.2. The highest BCUT2D eigenvalue weighted by molar-refractivity contribution is 7.90. The molecule has 16 heavy (non-hydrogen) atoms. The molecule has 0 spiro atoms. The predicted molar refractivity (Wildman–Crippen MR) is 67.5 cm³/mol. The molecule has 1 heterocycles. The third-order valence-electron chi connectivity index (χ3n) is 3.73. The van der Waals surface area contributed by atoms with Crippen LogP contribution in [0, 0.1) is 0 Å². The third-order valence-corrected chi connectivity index (χ3v) is 4.66. The van der Waals surface area contributed by atoms with Crippen LogP contribution in [-0.4, -0.2) is 57.0 Å². The largest absolute Gasteiger partial charge is 0.314 e. The van der Waals surface area contributed by atoms with Gasteiger partial charge < -0.3 is 5.32 Å². The van der Waals surface area contributed by atoms with E-state index in [0.29, 0.717) is 6.54 Å². The summed E-state index contributed by atoms with van der Waals surface area (Å²) in [6.07, 6.45) is 3.45. The molecule has 0 bridgehead atoms. The van der Waals surface area contributed by atoms with Gasteiger partial charge in [-0.25, -0.2) is 8.42 Å². The van der Waals surface area contributed by atoms with E-state index in [1.165, 1.54) is 6.26 Å². The quantitative estimate of drug-likeness (QED) is 0.769. The second kappa shape index (κ2) is 5.47. The minimum atomic E-state index is -2.85. The highest BCUT2D eigenvalue weighted by atomic mass is 32.2. The molecule has 0 aromatic rings. The Bertz CT molecular complexity index is 310. The zero-order valence-corrected chi connectivity index (χ0v) is 11.4. The van der Waals surface area contributed by atoms with Gasteiger partial charge in [0.25, 0.3) is 0 Å². The predicted octanol–water partition coefficient (Wildman–Crippen LogP) is 0.495. The van der Waals surface area contributed by atoms with E-state index >= 15 is 0 Å². The van der Waals surface area contributed by atoms with Crippen LogP contribution in [0.2, 0.25) is 0 Å². The van der Waals surface area contributed by atoms with E-state index in [0.717, 1.165) is 32.5 Å². The molecule has 1 aliphatic heterocycles. The van der Waals surface area contributed by atoms with Crippen LogP contribution >= 0.6 is 0 Å². The van der Waals surface area contributed by atoms with Crippen molar-refractivity contribution in [1.82, 2.24) is 10.2 Å². The van der Waals surface area contributed by atoms with Crippen LogP contribution in [-0.2, 0) is 9.84 Å². The Morgan fingerprint density at radius 3 is 2.44 bits per heavy atom. The minimum absolute atomic E-state index is 0.156. The second-order valence-corrected chi connectivity index (χ2v) is 6.98. The van der Waals surface area contributed by atoms with Crippen LogP contribution in [0.15, 0.2) is 0 Å². The lowest BCUT2D eigenvalue weighted by Gasteiger charge is -2.47. The first-order valence-electron chi connectivity index (χ1n) is 6.07. The van der Waals surface area contributed by atoms with E-state index in [9.17, 15) is 8.42 Å². The van der Waals surface area contributed by atoms with Gasteiger partial charge >= 0.3 is 0 Å². The zero-order valence-electron chi connectivity index (χ0n) is 10.6. The molecule has 0 unspecified atom stereocenters. The fraction of sp³-hybridized carbons (Fsp3) is 1.00. The van der Waals surface area contributed by atoms with Crippen LogP contribution in [0.3, 0.4) is 0 Å². The lowest BCUT2D eigenvalue weighted by atomic mass is 9.89. The summed E-state index contributed by atoms with van der Waals surface area (Å²) in [7, 11) is -2.85. The molecule has 96 valence electrons. The third kappa shape index (κ3) is 3.43. The van der Waals surface area contributed by atoms with E-state index in [1.807, 2.05) is 0 Å². The first-order valence-corrected chi connectivity index (χ1v) is 8.13. The fourth-order valence-corrected chi connectivity index (χ4v) is 3.01. The summed E-state index contributed by atoms with van der Waals surface area (Å²) in [5, 5.41) is 3.41. The molecular formula is C11H24N2O2S. The Hall–Kier alpha value is -0.130. The van der Waals surface area contributed by atoms with Crippen molar-refractivity contribution in [3.8, 4) is 0 Å². The molecule has 0 atom stereocenters. The molecule has 1 fully saturated rings. The van der Waals surface area contributed by atoms with Gasteiger partial charge in [0.1, 0.15) is 9.84 Å². The van der Waals surface area contributed by atoms with Gasteiger partial charge in [-0.1, -0.05) is 13.8 Å². The summed E-state index contributed by atoms with van der Waals surface area (Å²) in [5.41, 5.74) is 0.156. The lowest BCUT2D eigenvalue weighted by molar-refractivity contribution is 0.0584. The van der Waals surface area contributed by atoms with E-state index in [1.54, 1.807) is 0 Å². The van der Waals surface area contributed by atoms with E-state index in [-0.39, 0.29) is 11.3 Å². The summed E-state index contributed by atoms with van der Waals surface area (Å²) >= 11 is 0. The van der Waals surface area contributed by atoms with Crippen molar-refractivity contribution in [2.75, 3.05) is 38.2 Å². The van der Waals surface area contributed by atoms with E-state index in [4.69, 9.17) is 0 Å². The average Bonchev–Trinajstić information content (AvgIpc) is 2.25. The molecule has 1 rings (SSSR count). The van der Waals surface area contributed by atoms with Crippen molar-refractivity contribution in [2.45, 2.75) is 32.2 Å². The molecule has 1 saturated heterocycles. The highest BCUT2D eigenvalue weighted by Gasteiger charge is 2.35. The molecular weight excluding hydrogens is 224 g/mol. The number of piperazine rings is 1. The van der Waals surface area contributed by atoms with Gasteiger partial charge in [-0.15, -0.1) is 0 Å². The average molecular weight is 248 g/mol. The van der Waals surface area contributed by atoms with Crippen LogP contribution in [0.5, 0.6) is 0 Å². The van der Waals surface area contributed by atoms with Gasteiger partial charge in [-0.2, -0.15) is 0 Å². The molecule has 1 N–H and O–H groups in total. The van der Waals surface area contributed by atoms with Gasteiger partial charge in [-0.3, -0.25) is 4.90 Å². The smallest absolute Gasteiger partial charge is 0.148 e. The molecule has 1 aliphatic rings. The molecule has 0 aromatic heterocycles. The van der Waals surface area contributed by atoms with Crippen molar-refractivity contribution in [3.05, 3.63) is 0 Å². The molecule has 4 nitrogen and oxygen atoms in total. The number of hydrogen-bond donors (Lipinski definition) is 1. The number of nitrogens with zero attached hydrogens (tertiary/aromatic N) is 1. The minimum Gasteiger partial charge on any atom is -0.314 e. The second-order valence-electron chi connectivity index (χ2n) is 4.73. The fourth-order valence-electron chi connectivity index (χ4n) is 2.46. The maximum absolute atomic E-state index is 11.2. The van der Waals surface area contributed by atoms with Crippen LogP contribution < -0.4 is 5.32 Å². The summed E-state index contributed by atoms with van der Waals surface area (Å²) < 4.78 is 22.4. The summed E-state index contributed by atoms with van der Waals surface area (Å²) in [5.74, 6) is 0.273. The van der Waals surface area contributed by atoms with Crippen molar-refractivity contribution >= 4 is 9.84 Å². The van der Waals surface area contributed by atoms with Gasteiger partial charge in [0.05, 0.1) is 5.75 Å². The SMILES string of the molecule is CCC1(CC)CNCCN1CCS(C)(=O)=O. The summed E-state index contributed by atoms with van der Waals surface area (Å²) in [6.45, 7) is 7.93. The van der Waals surface area contributed by atoms with Crippen molar-refractivity contribution in [1.29, 1.82) is 0 Å². The first-order chi connectivity index (χ1) is 7.43. The number of rotatable bonds is 5. The van der Waals surface area contributed by atoms with Crippen LogP contribution in [0.25, 0.3) is 0 Å². The standard InChI is InChI=1S/C11H24N2O2S/c1-4-11(5-2)10-12-6-7-13(11)8-9-16(3,14)15/h12H,4-10H2,1-3H3. The molecule has 0 aromatic carbocycles. The zero-order chi connectivity index (χ0) is 12.2. The lowest BCUT2D eigenvalue weighted by Crippen LogP contribution is -2.61. The van der Waals surface area contributed by atoms with Gasteiger partial charge in [-0.05, 0) is 12.8 Å². The monoisotopic (exact) mass is 248 g/mol. The summed E-state index contributed by atoms with van der Waals surface area (Å²) in [6, 6.07) is 0. The molecule has 0 aliphatic carbocycles. The Morgan fingerprint density at radius 2 is 1.94 bits per heavy atom. The van der Waals surface area contributed by atoms with Crippen molar-refractivity contribution in [3.63, 3.8) is 0 Å². The number of sulfone groups is 1. The van der Waals surface area contributed by atoms with Gasteiger partial charge in [0, 0.05) is 38.0 Å². The van der Waals surface area contributed by atoms with E-state index in [2.05, 4.69) is 24.1 Å². The van der Waals surface area contributed by atoms with Crippen LogP contribution in [0.1, 0.15) is 26.7 Å². The van der Waals surface area contributed by atoms with Crippen molar-refractivity contribution < 1.29 is 8.42 Å². The molecule has 0 saturated carbocycles. The Morgan fingerprint density at radius 1 is 1.31 bits per heavy atom. The molecule has 0 radical (unpaired) electrons. The Kier molecular flexibility index (Phi) is 4.76. The van der Waals surface area contributed by atoms with Gasteiger partial charge in [0.15, 0.2) is 0 Å². The summed E-state index contributed by atoms with van der Waals surface area (Å²) in [4.78, 5) is 2.35.